The van der Waals surface area contributed by atoms with Crippen molar-refractivity contribution in [1.82, 2.24) is 14.5 Å². The van der Waals surface area contributed by atoms with Gasteiger partial charge in [-0.3, -0.25) is 9.36 Å². The molecule has 0 bridgehead atoms. The largest absolute Gasteiger partial charge is 0.361 e. The Labute approximate surface area is 190 Å². The Kier molecular flexibility index (Phi) is 5.76. The Hall–Kier alpha value is -2.16. The van der Waals surface area contributed by atoms with Gasteiger partial charge >= 0.3 is 0 Å². The van der Waals surface area contributed by atoms with Crippen molar-refractivity contribution >= 4 is 62.4 Å². The van der Waals surface area contributed by atoms with Gasteiger partial charge in [0.05, 0.1) is 20.0 Å². The van der Waals surface area contributed by atoms with E-state index in [1.165, 1.54) is 0 Å². The first-order chi connectivity index (χ1) is 14.0. The predicted molar refractivity (Wildman–Crippen MR) is 126 cm³/mol. The highest BCUT2D eigenvalue weighted by atomic mass is 127. The van der Waals surface area contributed by atoms with Crippen LogP contribution in [0.4, 0.5) is 5.82 Å². The van der Waals surface area contributed by atoms with Gasteiger partial charge in [0.15, 0.2) is 0 Å². The third kappa shape index (κ3) is 3.97. The lowest BCUT2D eigenvalue weighted by Gasteiger charge is -2.22. The molecule has 5 nitrogen and oxygen atoms in total. The molecule has 1 atom stereocenters. The van der Waals surface area contributed by atoms with E-state index < -0.39 is 0 Å². The number of nitrogens with one attached hydrogen (secondary N) is 1. The van der Waals surface area contributed by atoms with Crippen LogP contribution in [0.2, 0.25) is 10.3 Å². The first-order valence-electron chi connectivity index (χ1n) is 8.80. The van der Waals surface area contributed by atoms with Crippen molar-refractivity contribution in [2.45, 2.75) is 13.0 Å². The number of nitrogens with zero attached hydrogens (tertiary/aromatic N) is 3. The average Bonchev–Trinajstić information content (AvgIpc) is 2.71. The van der Waals surface area contributed by atoms with Gasteiger partial charge < -0.3 is 5.32 Å². The standard InChI is InChI=1S/C21H15Cl2IN4O/c1-12(26-19-16(24)11-25-21(23)27-19)17-10-13-6-5-9-15(22)18(13)20(29)28(17)14-7-3-2-4-8-14/h2-12H,1H3,(H,25,26,27)/t12-/m0/s1. The summed E-state index contributed by atoms with van der Waals surface area (Å²) in [6.07, 6.45) is 1.65. The van der Waals surface area contributed by atoms with Crippen LogP contribution in [0.3, 0.4) is 0 Å². The van der Waals surface area contributed by atoms with E-state index in [0.717, 1.165) is 20.3 Å². The zero-order valence-corrected chi connectivity index (χ0v) is 18.9. The average molecular weight is 537 g/mol. The van der Waals surface area contributed by atoms with Crippen LogP contribution >= 0.6 is 45.8 Å². The second-order valence-corrected chi connectivity index (χ2v) is 8.36. The Balaban J connectivity index is 1.93. The summed E-state index contributed by atoms with van der Waals surface area (Å²) in [7, 11) is 0. The molecular formula is C21H15Cl2IN4O. The molecule has 2 aromatic carbocycles. The van der Waals surface area contributed by atoms with E-state index in [1.54, 1.807) is 16.8 Å². The van der Waals surface area contributed by atoms with Crippen LogP contribution in [0.1, 0.15) is 18.7 Å². The highest BCUT2D eigenvalue weighted by Crippen LogP contribution is 2.28. The Morgan fingerprint density at radius 3 is 2.62 bits per heavy atom. The number of benzene rings is 2. The minimum Gasteiger partial charge on any atom is -0.361 e. The van der Waals surface area contributed by atoms with Gasteiger partial charge in [0.1, 0.15) is 5.82 Å². The van der Waals surface area contributed by atoms with Gasteiger partial charge in [-0.1, -0.05) is 41.9 Å². The molecule has 0 spiro atoms. The second kappa shape index (κ2) is 8.30. The molecule has 0 aliphatic rings. The van der Waals surface area contributed by atoms with Gasteiger partial charge in [-0.05, 0) is 70.8 Å². The SMILES string of the molecule is C[C@H](Nc1nc(Cl)ncc1I)c1cc2cccc(Cl)c2c(=O)n1-c1ccccc1. The number of pyridine rings is 1. The van der Waals surface area contributed by atoms with Crippen LogP contribution in [-0.2, 0) is 0 Å². The van der Waals surface area contributed by atoms with Gasteiger partial charge in [-0.2, -0.15) is 4.98 Å². The lowest BCUT2D eigenvalue weighted by atomic mass is 10.1. The summed E-state index contributed by atoms with van der Waals surface area (Å²) < 4.78 is 2.51. The third-order valence-corrected chi connectivity index (χ3v) is 5.84. The van der Waals surface area contributed by atoms with Crippen LogP contribution in [0.15, 0.2) is 65.6 Å². The van der Waals surface area contributed by atoms with Crippen LogP contribution in [0.25, 0.3) is 16.5 Å². The number of hydrogen-bond acceptors (Lipinski definition) is 4. The van der Waals surface area contributed by atoms with Crippen molar-refractivity contribution in [2.24, 2.45) is 0 Å². The fourth-order valence-electron chi connectivity index (χ4n) is 3.23. The minimum absolute atomic E-state index is 0.158. The highest BCUT2D eigenvalue weighted by Gasteiger charge is 2.19. The number of halogens is 3. The molecule has 0 aliphatic carbocycles. The summed E-state index contributed by atoms with van der Waals surface area (Å²) in [6.45, 7) is 1.97. The molecule has 0 radical (unpaired) electrons. The first-order valence-corrected chi connectivity index (χ1v) is 10.6. The number of aromatic nitrogens is 3. The van der Waals surface area contributed by atoms with Crippen molar-refractivity contribution in [1.29, 1.82) is 0 Å². The topological polar surface area (TPSA) is 59.8 Å². The predicted octanol–water partition coefficient (Wildman–Crippen LogP) is 5.87. The van der Waals surface area contributed by atoms with Gasteiger partial charge in [0.25, 0.3) is 5.56 Å². The van der Waals surface area contributed by atoms with E-state index in [1.807, 2.05) is 55.5 Å². The van der Waals surface area contributed by atoms with E-state index in [4.69, 9.17) is 23.2 Å². The van der Waals surface area contributed by atoms with Gasteiger partial charge in [0.2, 0.25) is 5.28 Å². The fraction of sp³-hybridized carbons (Fsp3) is 0.0952. The van der Waals surface area contributed by atoms with Crippen LogP contribution in [-0.4, -0.2) is 14.5 Å². The molecule has 1 N–H and O–H groups in total. The molecule has 4 aromatic rings. The Morgan fingerprint density at radius 2 is 1.86 bits per heavy atom. The molecule has 0 saturated heterocycles. The smallest absolute Gasteiger partial charge is 0.264 e. The maximum absolute atomic E-state index is 13.5. The molecule has 2 aromatic heterocycles. The normalized spacial score (nSPS) is 12.1. The third-order valence-electron chi connectivity index (χ3n) is 4.55. The van der Waals surface area contributed by atoms with Crippen molar-refractivity contribution in [3.05, 3.63) is 90.7 Å². The molecule has 29 heavy (non-hydrogen) atoms. The second-order valence-electron chi connectivity index (χ2n) is 6.45. The maximum Gasteiger partial charge on any atom is 0.264 e. The molecule has 0 aliphatic heterocycles. The summed E-state index contributed by atoms with van der Waals surface area (Å²) in [5, 5.41) is 5.22. The summed E-state index contributed by atoms with van der Waals surface area (Å²) in [6, 6.07) is 16.7. The van der Waals surface area contributed by atoms with E-state index >= 15 is 0 Å². The quantitative estimate of drug-likeness (QED) is 0.262. The molecule has 2 heterocycles. The van der Waals surface area contributed by atoms with E-state index in [2.05, 4.69) is 37.9 Å². The molecule has 0 fully saturated rings. The van der Waals surface area contributed by atoms with E-state index in [9.17, 15) is 4.79 Å². The van der Waals surface area contributed by atoms with Gasteiger partial charge in [-0.25, -0.2) is 4.98 Å². The highest BCUT2D eigenvalue weighted by molar-refractivity contribution is 14.1. The van der Waals surface area contributed by atoms with Crippen molar-refractivity contribution in [2.75, 3.05) is 5.32 Å². The lowest BCUT2D eigenvalue weighted by molar-refractivity contribution is 0.772. The molecule has 0 unspecified atom stereocenters. The maximum atomic E-state index is 13.5. The monoisotopic (exact) mass is 536 g/mol. The zero-order chi connectivity index (χ0) is 20.5. The number of para-hydroxylation sites is 1. The molecule has 8 heteroatoms. The Bertz CT molecular complexity index is 1260. The molecule has 0 saturated carbocycles. The molecule has 146 valence electrons. The van der Waals surface area contributed by atoms with Crippen molar-refractivity contribution in [3.63, 3.8) is 0 Å². The number of hydrogen-bond donors (Lipinski definition) is 1. The van der Waals surface area contributed by atoms with Crippen LogP contribution in [0, 0.1) is 3.57 Å². The molecule has 4 rings (SSSR count). The number of anilines is 1. The molecule has 0 amide bonds. The summed E-state index contributed by atoms with van der Waals surface area (Å²) >= 11 is 14.5. The van der Waals surface area contributed by atoms with Crippen molar-refractivity contribution < 1.29 is 0 Å². The van der Waals surface area contributed by atoms with Crippen LogP contribution in [0.5, 0.6) is 0 Å². The fourth-order valence-corrected chi connectivity index (χ4v) is 4.04. The number of rotatable bonds is 4. The summed E-state index contributed by atoms with van der Waals surface area (Å²) in [5.74, 6) is 0.608. The van der Waals surface area contributed by atoms with E-state index in [0.29, 0.717) is 16.2 Å². The van der Waals surface area contributed by atoms with Crippen molar-refractivity contribution in [3.8, 4) is 5.69 Å². The Morgan fingerprint density at radius 1 is 1.10 bits per heavy atom. The zero-order valence-electron chi connectivity index (χ0n) is 15.2. The lowest BCUT2D eigenvalue weighted by Crippen LogP contribution is -2.26. The van der Waals surface area contributed by atoms with Crippen LogP contribution < -0.4 is 10.9 Å². The first kappa shape index (κ1) is 20.1. The molecular weight excluding hydrogens is 522 g/mol. The number of fused-ring (bicyclic) bond motifs is 1. The summed E-state index contributed by atoms with van der Waals surface area (Å²) in [4.78, 5) is 21.7. The summed E-state index contributed by atoms with van der Waals surface area (Å²) in [5.41, 5.74) is 1.37. The van der Waals surface area contributed by atoms with Gasteiger partial charge in [0, 0.05) is 17.6 Å². The van der Waals surface area contributed by atoms with E-state index in [-0.39, 0.29) is 16.9 Å². The van der Waals surface area contributed by atoms with Gasteiger partial charge in [-0.15, -0.1) is 0 Å². The minimum atomic E-state index is -0.245.